The summed E-state index contributed by atoms with van der Waals surface area (Å²) in [7, 11) is 0. The van der Waals surface area contributed by atoms with E-state index in [1.165, 1.54) is 0 Å². The molecular weight excluding hydrogens is 288 g/mol. The Hall–Kier alpha value is -1.54. The molecule has 0 unspecified atom stereocenters. The molecule has 1 nitrogen and oxygen atoms in total. The van der Waals surface area contributed by atoms with Gasteiger partial charge in [-0.3, -0.25) is 0 Å². The number of alkyl halides is 6. The first kappa shape index (κ1) is 15.5. The second-order valence-electron chi connectivity index (χ2n) is 3.52. The predicted molar refractivity (Wildman–Crippen MR) is 47.5 cm³/mol. The van der Waals surface area contributed by atoms with Crippen molar-refractivity contribution in [2.75, 3.05) is 6.61 Å². The number of halogens is 8. The van der Waals surface area contributed by atoms with Crippen molar-refractivity contribution >= 4 is 0 Å². The molecule has 0 radical (unpaired) electrons. The fourth-order valence-electron chi connectivity index (χ4n) is 1.14. The van der Waals surface area contributed by atoms with E-state index in [-0.39, 0.29) is 6.07 Å². The van der Waals surface area contributed by atoms with Gasteiger partial charge in [0.1, 0.15) is 12.4 Å². The average Bonchev–Trinajstić information content (AvgIpc) is 2.17. The molecule has 0 spiro atoms. The molecule has 0 atom stereocenters. The Morgan fingerprint density at radius 3 is 1.89 bits per heavy atom. The van der Waals surface area contributed by atoms with Gasteiger partial charge in [0.25, 0.3) is 0 Å². The lowest BCUT2D eigenvalue weighted by molar-refractivity contribution is -0.289. The van der Waals surface area contributed by atoms with Gasteiger partial charge in [0.15, 0.2) is 17.5 Å². The van der Waals surface area contributed by atoms with E-state index in [1.807, 2.05) is 0 Å². The summed E-state index contributed by atoms with van der Waals surface area (Å²) in [6.45, 7) is -1.84. The fraction of sp³-hybridized carbons (Fsp3) is 0.400. The summed E-state index contributed by atoms with van der Waals surface area (Å²) in [4.78, 5) is 0. The molecule has 1 rings (SSSR count). The number of ether oxygens (including phenoxy) is 1. The second-order valence-corrected chi connectivity index (χ2v) is 3.52. The van der Waals surface area contributed by atoms with Crippen molar-refractivity contribution in [2.45, 2.75) is 12.4 Å². The van der Waals surface area contributed by atoms with Gasteiger partial charge < -0.3 is 4.74 Å². The van der Waals surface area contributed by atoms with Crippen LogP contribution in [0.1, 0.15) is 0 Å². The maximum Gasteiger partial charge on any atom is 0.403 e. The molecule has 0 amide bonds. The monoisotopic (exact) mass is 294 g/mol. The van der Waals surface area contributed by atoms with Gasteiger partial charge in [-0.25, -0.2) is 8.78 Å². The lowest BCUT2D eigenvalue weighted by Gasteiger charge is -2.23. The molecule has 0 saturated heterocycles. The largest absolute Gasteiger partial charge is 0.490 e. The summed E-state index contributed by atoms with van der Waals surface area (Å²) >= 11 is 0. The Kier molecular flexibility index (Phi) is 4.26. The highest BCUT2D eigenvalue weighted by molar-refractivity contribution is 5.24. The lowest BCUT2D eigenvalue weighted by atomic mass is 10.1. The highest BCUT2D eigenvalue weighted by Gasteiger charge is 2.57. The van der Waals surface area contributed by atoms with Crippen molar-refractivity contribution in [1.82, 2.24) is 0 Å². The van der Waals surface area contributed by atoms with Crippen molar-refractivity contribution in [3.63, 3.8) is 0 Å². The molecule has 0 aliphatic heterocycles. The van der Waals surface area contributed by atoms with E-state index in [4.69, 9.17) is 0 Å². The standard InChI is InChI=1S/C10H6F8O/c11-5-1-2-7(6(12)3-5)19-4-8(9(13,14)15)10(16,17)18/h1-3,8H,4H2. The molecule has 0 bridgehead atoms. The van der Waals surface area contributed by atoms with Gasteiger partial charge in [0.2, 0.25) is 0 Å². The van der Waals surface area contributed by atoms with Crippen LogP contribution in [0.4, 0.5) is 35.1 Å². The molecular formula is C10H6F8O. The Labute approximate surface area is 101 Å². The number of benzene rings is 1. The van der Waals surface area contributed by atoms with Gasteiger partial charge in [-0.1, -0.05) is 0 Å². The Bertz CT molecular complexity index is 422. The van der Waals surface area contributed by atoms with Crippen LogP contribution in [0.3, 0.4) is 0 Å². The summed E-state index contributed by atoms with van der Waals surface area (Å²) < 4.78 is 102. The van der Waals surface area contributed by atoms with Crippen LogP contribution in [0.5, 0.6) is 5.75 Å². The average molecular weight is 294 g/mol. The molecule has 1 aromatic carbocycles. The predicted octanol–water partition coefficient (Wildman–Crippen LogP) is 4.08. The van der Waals surface area contributed by atoms with Gasteiger partial charge in [0.05, 0.1) is 0 Å². The Balaban J connectivity index is 2.83. The number of hydrogen-bond acceptors (Lipinski definition) is 1. The Morgan fingerprint density at radius 1 is 0.947 bits per heavy atom. The summed E-state index contributed by atoms with van der Waals surface area (Å²) in [6.07, 6.45) is -11.1. The Morgan fingerprint density at radius 2 is 1.47 bits per heavy atom. The molecule has 9 heteroatoms. The summed E-state index contributed by atoms with van der Waals surface area (Å²) in [6, 6.07) is 1.54. The van der Waals surface area contributed by atoms with Crippen LogP contribution in [-0.2, 0) is 0 Å². The van der Waals surface area contributed by atoms with Crippen LogP contribution in [0.15, 0.2) is 18.2 Å². The van der Waals surface area contributed by atoms with E-state index < -0.39 is 42.3 Å². The van der Waals surface area contributed by atoms with Gasteiger partial charge >= 0.3 is 12.4 Å². The van der Waals surface area contributed by atoms with Crippen LogP contribution < -0.4 is 4.74 Å². The van der Waals surface area contributed by atoms with Crippen LogP contribution in [0.25, 0.3) is 0 Å². The third-order valence-electron chi connectivity index (χ3n) is 2.09. The van der Waals surface area contributed by atoms with Crippen molar-refractivity contribution in [1.29, 1.82) is 0 Å². The minimum atomic E-state index is -5.57. The van der Waals surface area contributed by atoms with Gasteiger partial charge in [-0.05, 0) is 12.1 Å². The van der Waals surface area contributed by atoms with Crippen LogP contribution in [0.2, 0.25) is 0 Å². The molecule has 19 heavy (non-hydrogen) atoms. The zero-order chi connectivity index (χ0) is 14.8. The van der Waals surface area contributed by atoms with E-state index >= 15 is 0 Å². The summed E-state index contributed by atoms with van der Waals surface area (Å²) in [5.41, 5.74) is 0. The third-order valence-corrected chi connectivity index (χ3v) is 2.09. The topological polar surface area (TPSA) is 9.23 Å². The third kappa shape index (κ3) is 4.25. The molecule has 0 fully saturated rings. The molecule has 108 valence electrons. The lowest BCUT2D eigenvalue weighted by Crippen LogP contribution is -2.40. The summed E-state index contributed by atoms with van der Waals surface area (Å²) in [5, 5.41) is 0. The maximum absolute atomic E-state index is 13.0. The molecule has 0 aromatic heterocycles. The van der Waals surface area contributed by atoms with Crippen LogP contribution in [-0.4, -0.2) is 19.0 Å². The van der Waals surface area contributed by atoms with Crippen molar-refractivity contribution < 1.29 is 39.9 Å². The zero-order valence-corrected chi connectivity index (χ0v) is 8.95. The highest BCUT2D eigenvalue weighted by atomic mass is 19.4. The fourth-order valence-corrected chi connectivity index (χ4v) is 1.14. The zero-order valence-electron chi connectivity index (χ0n) is 8.95. The SMILES string of the molecule is Fc1ccc(OCC(C(F)(F)F)C(F)(F)F)c(F)c1. The van der Waals surface area contributed by atoms with Gasteiger partial charge in [-0.2, -0.15) is 26.3 Å². The summed E-state index contributed by atoms with van der Waals surface area (Å²) in [5.74, 6) is -7.06. The minimum Gasteiger partial charge on any atom is -0.490 e. The minimum absolute atomic E-state index is 0.283. The van der Waals surface area contributed by atoms with E-state index in [9.17, 15) is 35.1 Å². The quantitative estimate of drug-likeness (QED) is 0.763. The van der Waals surface area contributed by atoms with Gasteiger partial charge in [-0.15, -0.1) is 0 Å². The normalized spacial score (nSPS) is 12.9. The molecule has 1 aromatic rings. The van der Waals surface area contributed by atoms with Crippen molar-refractivity contribution in [3.05, 3.63) is 29.8 Å². The smallest absolute Gasteiger partial charge is 0.403 e. The van der Waals surface area contributed by atoms with E-state index in [1.54, 1.807) is 0 Å². The molecule has 0 aliphatic rings. The van der Waals surface area contributed by atoms with Crippen LogP contribution >= 0.6 is 0 Å². The highest BCUT2D eigenvalue weighted by Crippen LogP contribution is 2.39. The van der Waals surface area contributed by atoms with Crippen molar-refractivity contribution in [2.24, 2.45) is 5.92 Å². The van der Waals surface area contributed by atoms with Crippen molar-refractivity contribution in [3.8, 4) is 5.75 Å². The number of hydrogen-bond donors (Lipinski definition) is 0. The molecule has 0 saturated carbocycles. The molecule has 0 aliphatic carbocycles. The molecule has 0 heterocycles. The first-order valence-electron chi connectivity index (χ1n) is 4.73. The second kappa shape index (κ2) is 5.22. The van der Waals surface area contributed by atoms with Gasteiger partial charge in [0, 0.05) is 6.07 Å². The van der Waals surface area contributed by atoms with E-state index in [0.717, 1.165) is 0 Å². The first-order valence-corrected chi connectivity index (χ1v) is 4.73. The van der Waals surface area contributed by atoms with E-state index in [2.05, 4.69) is 4.74 Å². The van der Waals surface area contributed by atoms with E-state index in [0.29, 0.717) is 12.1 Å². The van der Waals surface area contributed by atoms with Crippen LogP contribution in [0, 0.1) is 17.6 Å². The molecule has 0 N–H and O–H groups in total. The maximum atomic E-state index is 13.0. The first-order chi connectivity index (χ1) is 8.51. The number of rotatable bonds is 3.